The van der Waals surface area contributed by atoms with E-state index in [0.717, 1.165) is 59.5 Å². The molecule has 280 valence electrons. The molecular weight excluding hydrogens is 683 g/mol. The monoisotopic (exact) mass is 729 g/mol. The summed E-state index contributed by atoms with van der Waals surface area (Å²) >= 11 is 0. The van der Waals surface area contributed by atoms with Crippen LogP contribution in [-0.2, 0) is 14.3 Å². The number of nitrogens with one attached hydrogen (secondary N) is 3. The van der Waals surface area contributed by atoms with Crippen LogP contribution in [0.1, 0.15) is 95.3 Å². The molecule has 0 bridgehead atoms. The highest BCUT2D eigenvalue weighted by Crippen LogP contribution is 2.35. The van der Waals surface area contributed by atoms with Crippen LogP contribution in [0.2, 0.25) is 0 Å². The number of carbonyl (C=O) groups excluding carboxylic acids is 3. The number of imidazole rings is 2. The number of benzene rings is 2. The molecule has 0 radical (unpaired) electrons. The number of methoxy groups -OCH3 is 1. The summed E-state index contributed by atoms with van der Waals surface area (Å²) in [5.41, 5.74) is 4.58. The van der Waals surface area contributed by atoms with Crippen molar-refractivity contribution in [1.29, 1.82) is 0 Å². The molecule has 3 N–H and O–H groups in total. The van der Waals surface area contributed by atoms with Crippen molar-refractivity contribution in [1.82, 2.24) is 35.1 Å². The van der Waals surface area contributed by atoms with E-state index in [1.807, 2.05) is 83.3 Å². The third-order valence-electron chi connectivity index (χ3n) is 9.50. The highest BCUT2D eigenvalue weighted by Gasteiger charge is 2.38. The van der Waals surface area contributed by atoms with Crippen LogP contribution in [0.25, 0.3) is 22.4 Å². The lowest BCUT2D eigenvalue weighted by atomic mass is 9.96. The van der Waals surface area contributed by atoms with Gasteiger partial charge in [-0.15, -0.1) is 0 Å². The summed E-state index contributed by atoms with van der Waals surface area (Å²) < 4.78 is 10.4. The molecule has 2 aliphatic rings. The number of likely N-dealkylation sites (tertiary alicyclic amines) is 2. The average molecular weight is 730 g/mol. The van der Waals surface area contributed by atoms with E-state index in [1.54, 1.807) is 16.0 Å². The molecule has 2 saturated heterocycles. The Morgan fingerprint density at radius 1 is 0.870 bits per heavy atom. The first-order valence-electron chi connectivity index (χ1n) is 18.4. The second-order valence-electron chi connectivity index (χ2n) is 14.9. The molecule has 0 saturated carbocycles. The Morgan fingerprint density at radius 3 is 2.24 bits per heavy atom. The largest absolute Gasteiger partial charge is 0.453 e. The summed E-state index contributed by atoms with van der Waals surface area (Å²) in [6.45, 7) is 10.6. The highest BCUT2D eigenvalue weighted by molar-refractivity contribution is 5.86. The highest BCUT2D eigenvalue weighted by atomic mass is 16.6. The number of aromatic nitrogens is 4. The van der Waals surface area contributed by atoms with Gasteiger partial charge in [-0.3, -0.25) is 9.69 Å². The zero-order valence-electron chi connectivity index (χ0n) is 31.7. The SMILES string of the molecule is COC(=O)NC(C(=O)N1CCCC1c1ncc(C#CC#Cc2ccc(-c3cnc([C@@H]4CCCN4C(=O)OC(C)(C)C)[nH]3)cc2-c2ccccc2)[nH]1)C(C)C. The van der Waals surface area contributed by atoms with Gasteiger partial charge in [0.1, 0.15) is 29.0 Å². The maximum Gasteiger partial charge on any atom is 0.410 e. The summed E-state index contributed by atoms with van der Waals surface area (Å²) in [7, 11) is 1.28. The molecule has 12 heteroatoms. The van der Waals surface area contributed by atoms with Crippen molar-refractivity contribution in [2.75, 3.05) is 20.2 Å². The molecule has 0 aliphatic carbocycles. The number of hydrogen-bond donors (Lipinski definition) is 3. The number of rotatable bonds is 7. The summed E-state index contributed by atoms with van der Waals surface area (Å²) in [6.07, 6.45) is 5.76. The Bertz CT molecular complexity index is 2110. The first kappa shape index (κ1) is 37.7. The molecule has 2 unspecified atom stereocenters. The zero-order valence-corrected chi connectivity index (χ0v) is 31.7. The van der Waals surface area contributed by atoms with E-state index in [-0.39, 0.29) is 30.0 Å². The fourth-order valence-electron chi connectivity index (χ4n) is 6.88. The van der Waals surface area contributed by atoms with E-state index >= 15 is 0 Å². The summed E-state index contributed by atoms with van der Waals surface area (Å²) in [5, 5.41) is 2.67. The average Bonchev–Trinajstić information content (AvgIpc) is 3.98. The predicted octanol–water partition coefficient (Wildman–Crippen LogP) is 6.99. The fourth-order valence-corrected chi connectivity index (χ4v) is 6.88. The van der Waals surface area contributed by atoms with Gasteiger partial charge in [0.05, 0.1) is 37.3 Å². The fraction of sp³-hybridized carbons (Fsp3) is 0.405. The third-order valence-corrected chi connectivity index (χ3v) is 9.50. The van der Waals surface area contributed by atoms with Gasteiger partial charge in [-0.05, 0) is 93.4 Å². The molecule has 3 amide bonds. The molecule has 2 aromatic carbocycles. The van der Waals surface area contributed by atoms with Gasteiger partial charge in [-0.25, -0.2) is 19.6 Å². The molecule has 0 spiro atoms. The Hall–Kier alpha value is -6.01. The topological polar surface area (TPSA) is 146 Å². The lowest BCUT2D eigenvalue weighted by Gasteiger charge is -2.29. The van der Waals surface area contributed by atoms with E-state index < -0.39 is 17.7 Å². The molecule has 2 aliphatic heterocycles. The summed E-state index contributed by atoms with van der Waals surface area (Å²) in [6, 6.07) is 15.0. The molecule has 3 atom stereocenters. The van der Waals surface area contributed by atoms with Crippen LogP contribution in [0.15, 0.2) is 60.9 Å². The first-order valence-corrected chi connectivity index (χ1v) is 18.4. The maximum absolute atomic E-state index is 13.5. The number of nitrogens with zero attached hydrogens (tertiary/aromatic N) is 4. The van der Waals surface area contributed by atoms with Crippen molar-refractivity contribution in [2.45, 2.75) is 84.0 Å². The van der Waals surface area contributed by atoms with Crippen molar-refractivity contribution in [3.8, 4) is 46.1 Å². The zero-order chi connectivity index (χ0) is 38.4. The quantitative estimate of drug-likeness (QED) is 0.174. The van der Waals surface area contributed by atoms with Crippen molar-refractivity contribution in [2.24, 2.45) is 5.92 Å². The van der Waals surface area contributed by atoms with Crippen LogP contribution in [0.4, 0.5) is 9.59 Å². The first-order chi connectivity index (χ1) is 25.9. The lowest BCUT2D eigenvalue weighted by Crippen LogP contribution is -2.51. The molecule has 4 aromatic rings. The number of hydrogen-bond acceptors (Lipinski definition) is 7. The van der Waals surface area contributed by atoms with Crippen molar-refractivity contribution in [3.05, 3.63) is 83.8 Å². The van der Waals surface area contributed by atoms with Gasteiger partial charge in [-0.2, -0.15) is 0 Å². The minimum atomic E-state index is -0.706. The molecule has 54 heavy (non-hydrogen) atoms. The lowest BCUT2D eigenvalue weighted by molar-refractivity contribution is -0.135. The maximum atomic E-state index is 13.5. The molecule has 2 fully saturated rings. The van der Waals surface area contributed by atoms with Crippen LogP contribution in [0.3, 0.4) is 0 Å². The number of amides is 3. The van der Waals surface area contributed by atoms with E-state index in [0.29, 0.717) is 24.6 Å². The van der Waals surface area contributed by atoms with Gasteiger partial charge in [0, 0.05) is 24.2 Å². The van der Waals surface area contributed by atoms with Gasteiger partial charge in [0.25, 0.3) is 0 Å². The molecule has 12 nitrogen and oxygen atoms in total. The van der Waals surface area contributed by atoms with Gasteiger partial charge < -0.3 is 29.7 Å². The van der Waals surface area contributed by atoms with Crippen LogP contribution >= 0.6 is 0 Å². The van der Waals surface area contributed by atoms with Crippen molar-refractivity contribution < 1.29 is 23.9 Å². The summed E-state index contributed by atoms with van der Waals surface area (Å²) in [5.74, 6) is 13.3. The van der Waals surface area contributed by atoms with Crippen LogP contribution in [0.5, 0.6) is 0 Å². The third kappa shape index (κ3) is 8.78. The van der Waals surface area contributed by atoms with Gasteiger partial charge >= 0.3 is 12.2 Å². The minimum Gasteiger partial charge on any atom is -0.453 e. The van der Waals surface area contributed by atoms with Crippen LogP contribution in [0, 0.1) is 29.6 Å². The van der Waals surface area contributed by atoms with Gasteiger partial charge in [-0.1, -0.05) is 56.2 Å². The number of alkyl carbamates (subject to hydrolysis) is 1. The Kier molecular flexibility index (Phi) is 11.4. The molecular formula is C42H47N7O5. The van der Waals surface area contributed by atoms with Crippen molar-refractivity contribution >= 4 is 18.1 Å². The molecule has 6 rings (SSSR count). The predicted molar refractivity (Wildman–Crippen MR) is 205 cm³/mol. The number of H-pyrrole nitrogens is 2. The van der Waals surface area contributed by atoms with E-state index in [2.05, 4.69) is 55.0 Å². The number of ether oxygens (including phenoxy) is 2. The Labute approximate surface area is 316 Å². The molecule has 4 heterocycles. The second-order valence-corrected chi connectivity index (χ2v) is 14.9. The van der Waals surface area contributed by atoms with Crippen molar-refractivity contribution in [3.63, 3.8) is 0 Å². The number of carbonyl (C=O) groups is 3. The van der Waals surface area contributed by atoms with Crippen LogP contribution in [-0.4, -0.2) is 79.7 Å². The number of aromatic amines is 2. The van der Waals surface area contributed by atoms with E-state index in [9.17, 15) is 14.4 Å². The summed E-state index contributed by atoms with van der Waals surface area (Å²) in [4.78, 5) is 57.8. The minimum absolute atomic E-state index is 0.119. The smallest absolute Gasteiger partial charge is 0.410 e. The standard InChI is InChI=1S/C42H47N7O5/c1-27(2)36(47-40(51)53-6)39(50)48-22-12-18-34(48)37-43-25-31(45-37)17-11-10-16-29-20-21-30(24-32(29)28-14-8-7-9-15-28)33-26-44-38(46-33)35-19-13-23-49(35)41(52)54-42(3,4)5/h7-9,14-15,20-21,24-27,34-36H,12-13,18-19,22-23H2,1-6H3,(H,43,45)(H,44,46)(H,47,51)/t34?,35-,36?/m0/s1. The van der Waals surface area contributed by atoms with Crippen LogP contribution < -0.4 is 5.32 Å². The second kappa shape index (κ2) is 16.3. The Balaban J connectivity index is 1.19. The Morgan fingerprint density at radius 2 is 1.54 bits per heavy atom. The van der Waals surface area contributed by atoms with E-state index in [4.69, 9.17) is 9.47 Å². The molecule has 2 aromatic heterocycles. The van der Waals surface area contributed by atoms with E-state index in [1.165, 1.54) is 7.11 Å². The normalized spacial score (nSPS) is 17.3. The van der Waals surface area contributed by atoms with Gasteiger partial charge in [0.15, 0.2) is 0 Å². The van der Waals surface area contributed by atoms with Gasteiger partial charge in [0.2, 0.25) is 5.91 Å².